The number of hydrogen-bond acceptors (Lipinski definition) is 5. The van der Waals surface area contributed by atoms with Gasteiger partial charge in [-0.25, -0.2) is 9.97 Å². The number of aromatic nitrogens is 3. The number of pyridine rings is 1. The van der Waals surface area contributed by atoms with Gasteiger partial charge in [0.2, 0.25) is 0 Å². The van der Waals surface area contributed by atoms with Gasteiger partial charge in [-0.1, -0.05) is 0 Å². The summed E-state index contributed by atoms with van der Waals surface area (Å²) in [4.78, 5) is 15.4. The summed E-state index contributed by atoms with van der Waals surface area (Å²) in [5.41, 5.74) is 1.57. The zero-order chi connectivity index (χ0) is 12.4. The van der Waals surface area contributed by atoms with Crippen LogP contribution in [0.15, 0.2) is 24.5 Å². The van der Waals surface area contributed by atoms with Crippen molar-refractivity contribution in [1.29, 1.82) is 0 Å². The summed E-state index contributed by atoms with van der Waals surface area (Å²) in [7, 11) is 2.02. The Balaban J connectivity index is 1.89. The minimum Gasteiger partial charge on any atom is -0.355 e. The molecule has 1 N–H and O–H groups in total. The van der Waals surface area contributed by atoms with Crippen molar-refractivity contribution in [2.45, 2.75) is 18.9 Å². The molecule has 1 unspecified atom stereocenters. The highest BCUT2D eigenvalue weighted by atomic mass is 15.2. The van der Waals surface area contributed by atoms with Gasteiger partial charge in [-0.2, -0.15) is 0 Å². The van der Waals surface area contributed by atoms with Crippen molar-refractivity contribution in [1.82, 2.24) is 20.3 Å². The molecule has 3 heterocycles. The summed E-state index contributed by atoms with van der Waals surface area (Å²) in [6.07, 6.45) is 5.82. The van der Waals surface area contributed by atoms with E-state index >= 15 is 0 Å². The number of likely N-dealkylation sites (N-methyl/N-ethyl adjacent to an activating group) is 1. The van der Waals surface area contributed by atoms with E-state index in [1.807, 2.05) is 19.2 Å². The van der Waals surface area contributed by atoms with E-state index in [2.05, 4.69) is 25.2 Å². The Morgan fingerprint density at radius 2 is 2.17 bits per heavy atom. The Labute approximate surface area is 106 Å². The summed E-state index contributed by atoms with van der Waals surface area (Å²) in [5.74, 6) is 1.00. The van der Waals surface area contributed by atoms with E-state index in [0.29, 0.717) is 6.04 Å². The maximum atomic E-state index is 4.59. The number of hydrogen-bond donors (Lipinski definition) is 1. The van der Waals surface area contributed by atoms with Crippen LogP contribution in [0.5, 0.6) is 0 Å². The molecule has 1 saturated heterocycles. The van der Waals surface area contributed by atoms with Crippen molar-refractivity contribution >= 4 is 17.0 Å². The average Bonchev–Trinajstić information content (AvgIpc) is 2.47. The average molecular weight is 243 g/mol. The van der Waals surface area contributed by atoms with Crippen LogP contribution in [0.25, 0.3) is 11.2 Å². The number of anilines is 1. The Kier molecular flexibility index (Phi) is 3.06. The molecule has 0 aromatic carbocycles. The molecule has 1 aliphatic heterocycles. The van der Waals surface area contributed by atoms with Gasteiger partial charge in [0.25, 0.3) is 0 Å². The first-order valence-electron chi connectivity index (χ1n) is 6.37. The zero-order valence-electron chi connectivity index (χ0n) is 10.5. The quantitative estimate of drug-likeness (QED) is 0.859. The molecule has 1 aliphatic rings. The summed E-state index contributed by atoms with van der Waals surface area (Å²) < 4.78 is 0. The molecule has 94 valence electrons. The lowest BCUT2D eigenvalue weighted by atomic mass is 10.1. The van der Waals surface area contributed by atoms with Crippen LogP contribution in [-0.2, 0) is 0 Å². The fraction of sp³-hybridized carbons (Fsp3) is 0.462. The van der Waals surface area contributed by atoms with Crippen molar-refractivity contribution in [3.05, 3.63) is 24.5 Å². The normalized spacial score (nSPS) is 20.3. The highest BCUT2D eigenvalue weighted by Gasteiger charge is 2.19. The van der Waals surface area contributed by atoms with Crippen LogP contribution in [0.1, 0.15) is 12.8 Å². The molecule has 5 heteroatoms. The molecule has 0 aliphatic carbocycles. The number of piperidine rings is 1. The van der Waals surface area contributed by atoms with Crippen molar-refractivity contribution in [3.63, 3.8) is 0 Å². The molecule has 0 amide bonds. The third kappa shape index (κ3) is 2.13. The highest BCUT2D eigenvalue weighted by molar-refractivity contribution is 5.71. The van der Waals surface area contributed by atoms with Gasteiger partial charge in [-0.05, 0) is 32.0 Å². The second kappa shape index (κ2) is 4.86. The maximum absolute atomic E-state index is 4.59. The number of rotatable bonds is 2. The number of nitrogens with one attached hydrogen (secondary N) is 1. The van der Waals surface area contributed by atoms with Gasteiger partial charge >= 0.3 is 0 Å². The number of nitrogens with zero attached hydrogens (tertiary/aromatic N) is 4. The lowest BCUT2D eigenvalue weighted by molar-refractivity contribution is 0.448. The Bertz CT molecular complexity index is 542. The van der Waals surface area contributed by atoms with E-state index in [9.17, 15) is 0 Å². The maximum Gasteiger partial charge on any atom is 0.180 e. The topological polar surface area (TPSA) is 53.9 Å². The van der Waals surface area contributed by atoms with E-state index in [4.69, 9.17) is 0 Å². The Hall–Kier alpha value is -1.75. The zero-order valence-corrected chi connectivity index (χ0v) is 10.5. The first-order valence-corrected chi connectivity index (χ1v) is 6.37. The standard InChI is InChI=1S/C13H17N5/c1-14-10-3-2-8-18(9-10)12-5-4-11-13(17-12)16-7-6-15-11/h4-7,10,14H,2-3,8-9H2,1H3. The highest BCUT2D eigenvalue weighted by Crippen LogP contribution is 2.19. The van der Waals surface area contributed by atoms with Crippen LogP contribution in [0.4, 0.5) is 5.82 Å². The summed E-state index contributed by atoms with van der Waals surface area (Å²) in [6, 6.07) is 4.58. The van der Waals surface area contributed by atoms with Gasteiger partial charge in [0.05, 0.1) is 0 Å². The van der Waals surface area contributed by atoms with Crippen molar-refractivity contribution < 1.29 is 0 Å². The number of fused-ring (bicyclic) bond motifs is 1. The Morgan fingerprint density at radius 1 is 1.28 bits per heavy atom. The van der Waals surface area contributed by atoms with Crippen LogP contribution in [0.3, 0.4) is 0 Å². The minimum atomic E-state index is 0.554. The van der Waals surface area contributed by atoms with Crippen LogP contribution >= 0.6 is 0 Å². The van der Waals surface area contributed by atoms with Crippen LogP contribution in [-0.4, -0.2) is 41.1 Å². The predicted octanol–water partition coefficient (Wildman–Crippen LogP) is 1.21. The van der Waals surface area contributed by atoms with E-state index in [0.717, 1.165) is 30.1 Å². The Morgan fingerprint density at radius 3 is 3.06 bits per heavy atom. The SMILES string of the molecule is CNC1CCCN(c2ccc3nccnc3n2)C1. The fourth-order valence-electron chi connectivity index (χ4n) is 2.44. The van der Waals surface area contributed by atoms with Crippen LogP contribution < -0.4 is 10.2 Å². The van der Waals surface area contributed by atoms with Gasteiger partial charge in [-0.3, -0.25) is 4.98 Å². The molecule has 1 fully saturated rings. The predicted molar refractivity (Wildman–Crippen MR) is 71.6 cm³/mol. The van der Waals surface area contributed by atoms with Gasteiger partial charge < -0.3 is 10.2 Å². The molecule has 0 spiro atoms. The van der Waals surface area contributed by atoms with E-state index in [1.54, 1.807) is 12.4 Å². The summed E-state index contributed by atoms with van der Waals surface area (Å²) in [6.45, 7) is 2.08. The molecule has 0 saturated carbocycles. The minimum absolute atomic E-state index is 0.554. The fourth-order valence-corrected chi connectivity index (χ4v) is 2.44. The first-order chi connectivity index (χ1) is 8.86. The molecule has 2 aromatic heterocycles. The first kappa shape index (κ1) is 11.3. The van der Waals surface area contributed by atoms with Crippen LogP contribution in [0, 0.1) is 0 Å². The monoisotopic (exact) mass is 243 g/mol. The smallest absolute Gasteiger partial charge is 0.180 e. The van der Waals surface area contributed by atoms with Gasteiger partial charge in [0, 0.05) is 31.5 Å². The lowest BCUT2D eigenvalue weighted by Crippen LogP contribution is -2.44. The van der Waals surface area contributed by atoms with Gasteiger partial charge in [-0.15, -0.1) is 0 Å². The van der Waals surface area contributed by atoms with Crippen LogP contribution in [0.2, 0.25) is 0 Å². The largest absolute Gasteiger partial charge is 0.355 e. The molecule has 0 radical (unpaired) electrons. The molecular weight excluding hydrogens is 226 g/mol. The molecule has 1 atom stereocenters. The molecule has 18 heavy (non-hydrogen) atoms. The molecule has 2 aromatic rings. The summed E-state index contributed by atoms with van der Waals surface area (Å²) >= 11 is 0. The molecule has 3 rings (SSSR count). The summed E-state index contributed by atoms with van der Waals surface area (Å²) in [5, 5.41) is 3.34. The van der Waals surface area contributed by atoms with E-state index < -0.39 is 0 Å². The molecule has 5 nitrogen and oxygen atoms in total. The van der Waals surface area contributed by atoms with E-state index in [-0.39, 0.29) is 0 Å². The van der Waals surface area contributed by atoms with Crippen molar-refractivity contribution in [3.8, 4) is 0 Å². The van der Waals surface area contributed by atoms with Gasteiger partial charge in [0.1, 0.15) is 11.3 Å². The van der Waals surface area contributed by atoms with Crippen molar-refractivity contribution in [2.75, 3.05) is 25.0 Å². The third-order valence-corrected chi connectivity index (χ3v) is 3.47. The van der Waals surface area contributed by atoms with Gasteiger partial charge in [0.15, 0.2) is 5.65 Å². The van der Waals surface area contributed by atoms with E-state index in [1.165, 1.54) is 12.8 Å². The molecular formula is C13H17N5. The third-order valence-electron chi connectivity index (χ3n) is 3.47. The molecule has 0 bridgehead atoms. The van der Waals surface area contributed by atoms with Crippen molar-refractivity contribution in [2.24, 2.45) is 0 Å². The second-order valence-electron chi connectivity index (χ2n) is 4.64. The second-order valence-corrected chi connectivity index (χ2v) is 4.64. The lowest BCUT2D eigenvalue weighted by Gasteiger charge is -2.33.